The maximum absolute atomic E-state index is 12.3. The van der Waals surface area contributed by atoms with Crippen molar-refractivity contribution >= 4 is 12.1 Å². The third kappa shape index (κ3) is 2.07. The molecule has 0 radical (unpaired) electrons. The zero-order chi connectivity index (χ0) is 17.5. The van der Waals surface area contributed by atoms with E-state index in [9.17, 15) is 9.59 Å². The zero-order valence-electron chi connectivity index (χ0n) is 15.3. The molecule has 9 atom stereocenters. The highest BCUT2D eigenvalue weighted by Gasteiger charge is 2.71. The fourth-order valence-electron chi connectivity index (χ4n) is 6.92. The molecule has 0 aromatic rings. The maximum Gasteiger partial charge on any atom is 0.509 e. The first-order valence-corrected chi connectivity index (χ1v) is 9.95. The smallest absolute Gasteiger partial charge is 0.465 e. The van der Waals surface area contributed by atoms with E-state index in [0.29, 0.717) is 48.0 Å². The molecule has 1 aliphatic heterocycles. The fraction of sp³-hybridized carbons (Fsp3) is 0.900. The van der Waals surface area contributed by atoms with Crippen LogP contribution >= 0.6 is 0 Å². The Morgan fingerprint density at radius 2 is 1.76 bits per heavy atom. The van der Waals surface area contributed by atoms with Crippen molar-refractivity contribution < 1.29 is 23.8 Å². The van der Waals surface area contributed by atoms with Crippen LogP contribution in [0.2, 0.25) is 0 Å². The van der Waals surface area contributed by atoms with Crippen molar-refractivity contribution in [2.45, 2.75) is 58.7 Å². The van der Waals surface area contributed by atoms with Crippen molar-refractivity contribution in [3.8, 4) is 0 Å². The van der Waals surface area contributed by atoms with Crippen LogP contribution in [0.4, 0.5) is 4.79 Å². The highest BCUT2D eigenvalue weighted by molar-refractivity contribution is 5.75. The van der Waals surface area contributed by atoms with Crippen LogP contribution in [0.1, 0.15) is 46.5 Å². The van der Waals surface area contributed by atoms with Gasteiger partial charge in [0.1, 0.15) is 12.2 Å². The minimum Gasteiger partial charge on any atom is -0.465 e. The summed E-state index contributed by atoms with van der Waals surface area (Å²) in [6.07, 6.45) is 3.91. The molecule has 5 fully saturated rings. The molecule has 4 aliphatic carbocycles. The topological polar surface area (TPSA) is 61.8 Å². The normalized spacial score (nSPS) is 48.9. The molecular formula is C20H28O5. The molecule has 1 saturated heterocycles. The van der Waals surface area contributed by atoms with Gasteiger partial charge in [-0.1, -0.05) is 6.92 Å². The van der Waals surface area contributed by atoms with Gasteiger partial charge in [-0.3, -0.25) is 4.79 Å². The number of ether oxygens (including phenoxy) is 3. The monoisotopic (exact) mass is 348 g/mol. The first kappa shape index (κ1) is 16.0. The molecule has 0 aromatic heterocycles. The Labute approximate surface area is 148 Å². The second-order valence-corrected chi connectivity index (χ2v) is 9.62. The van der Waals surface area contributed by atoms with Gasteiger partial charge >= 0.3 is 12.1 Å². The minimum atomic E-state index is -0.468. The second kappa shape index (κ2) is 5.14. The molecule has 25 heavy (non-hydrogen) atoms. The number of esters is 1. The standard InChI is InChI=1S/C20H28O5/c1-4-20(2,3)18(21)23-8-10-5-9-6-11(10)15-13-7-12(14(9)15)16-17(13)25-19(22)24-16/h9-17H,4-8H2,1-3H3. The lowest BCUT2D eigenvalue weighted by molar-refractivity contribution is -0.156. The van der Waals surface area contributed by atoms with Crippen LogP contribution in [-0.2, 0) is 19.0 Å². The van der Waals surface area contributed by atoms with Crippen molar-refractivity contribution in [3.63, 3.8) is 0 Å². The van der Waals surface area contributed by atoms with E-state index in [2.05, 4.69) is 0 Å². The van der Waals surface area contributed by atoms with Gasteiger partial charge in [0.15, 0.2) is 0 Å². The van der Waals surface area contributed by atoms with Gasteiger partial charge in [0.2, 0.25) is 0 Å². The van der Waals surface area contributed by atoms with Gasteiger partial charge in [0.05, 0.1) is 12.0 Å². The minimum absolute atomic E-state index is 0.0136. The highest BCUT2D eigenvalue weighted by atomic mass is 16.8. The van der Waals surface area contributed by atoms with Gasteiger partial charge in [-0.15, -0.1) is 0 Å². The van der Waals surface area contributed by atoms with Crippen LogP contribution in [0.3, 0.4) is 0 Å². The number of fused-ring (bicyclic) bond motifs is 12. The third-order valence-corrected chi connectivity index (χ3v) is 8.30. The van der Waals surface area contributed by atoms with E-state index in [4.69, 9.17) is 14.2 Å². The highest BCUT2D eigenvalue weighted by Crippen LogP contribution is 2.70. The zero-order valence-corrected chi connectivity index (χ0v) is 15.3. The molecule has 4 saturated carbocycles. The molecule has 5 nitrogen and oxygen atoms in total. The molecule has 1 heterocycles. The maximum atomic E-state index is 12.3. The van der Waals surface area contributed by atoms with Gasteiger partial charge < -0.3 is 14.2 Å². The van der Waals surface area contributed by atoms with Crippen molar-refractivity contribution in [3.05, 3.63) is 0 Å². The molecule has 9 unspecified atom stereocenters. The van der Waals surface area contributed by atoms with Gasteiger partial charge in [0, 0.05) is 11.8 Å². The molecule has 0 N–H and O–H groups in total. The lowest BCUT2D eigenvalue weighted by Crippen LogP contribution is -2.45. The third-order valence-electron chi connectivity index (χ3n) is 8.30. The first-order chi connectivity index (χ1) is 11.9. The number of carbonyl (C=O) groups excluding carboxylic acids is 2. The fourth-order valence-corrected chi connectivity index (χ4v) is 6.92. The van der Waals surface area contributed by atoms with Crippen LogP contribution in [0.25, 0.3) is 0 Å². The number of carbonyl (C=O) groups is 2. The Balaban J connectivity index is 1.27. The van der Waals surface area contributed by atoms with Crippen molar-refractivity contribution in [2.75, 3.05) is 6.61 Å². The van der Waals surface area contributed by atoms with E-state index in [0.717, 1.165) is 12.8 Å². The molecule has 4 bridgehead atoms. The summed E-state index contributed by atoms with van der Waals surface area (Å²) in [5.74, 6) is 4.07. The van der Waals surface area contributed by atoms with Crippen LogP contribution in [-0.4, -0.2) is 30.9 Å². The van der Waals surface area contributed by atoms with Crippen LogP contribution in [0.5, 0.6) is 0 Å². The van der Waals surface area contributed by atoms with E-state index in [1.54, 1.807) is 0 Å². The summed E-state index contributed by atoms with van der Waals surface area (Å²) in [5, 5.41) is 0. The van der Waals surface area contributed by atoms with Crippen molar-refractivity contribution in [2.24, 2.45) is 46.8 Å². The van der Waals surface area contributed by atoms with E-state index in [1.807, 2.05) is 20.8 Å². The molecule has 138 valence electrons. The van der Waals surface area contributed by atoms with E-state index >= 15 is 0 Å². The Hall–Kier alpha value is -1.26. The largest absolute Gasteiger partial charge is 0.509 e. The summed E-state index contributed by atoms with van der Waals surface area (Å²) in [6, 6.07) is 0. The summed E-state index contributed by atoms with van der Waals surface area (Å²) in [7, 11) is 0. The lowest BCUT2D eigenvalue weighted by atomic mass is 9.66. The summed E-state index contributed by atoms with van der Waals surface area (Å²) in [6.45, 7) is 6.50. The Bertz CT molecular complexity index is 613. The van der Waals surface area contributed by atoms with Gasteiger partial charge in [-0.25, -0.2) is 4.79 Å². The van der Waals surface area contributed by atoms with Crippen LogP contribution in [0.15, 0.2) is 0 Å². The molecule has 0 aromatic carbocycles. The summed E-state index contributed by atoms with van der Waals surface area (Å²) >= 11 is 0. The average molecular weight is 348 g/mol. The summed E-state index contributed by atoms with van der Waals surface area (Å²) < 4.78 is 16.7. The van der Waals surface area contributed by atoms with E-state index < -0.39 is 11.6 Å². The van der Waals surface area contributed by atoms with Gasteiger partial charge in [0.25, 0.3) is 0 Å². The Morgan fingerprint density at radius 1 is 1.08 bits per heavy atom. The number of hydrogen-bond donors (Lipinski definition) is 0. The first-order valence-electron chi connectivity index (χ1n) is 9.95. The predicted octanol–water partition coefficient (Wildman–Crippen LogP) is 3.41. The predicted molar refractivity (Wildman–Crippen MR) is 88.5 cm³/mol. The number of rotatable bonds is 4. The van der Waals surface area contributed by atoms with Crippen molar-refractivity contribution in [1.82, 2.24) is 0 Å². The van der Waals surface area contributed by atoms with E-state index in [1.165, 1.54) is 12.8 Å². The summed E-state index contributed by atoms with van der Waals surface area (Å²) in [5.41, 5.74) is -0.394. The Morgan fingerprint density at radius 3 is 2.44 bits per heavy atom. The average Bonchev–Trinajstić information content (AvgIpc) is 3.33. The molecule has 5 rings (SSSR count). The number of hydrogen-bond acceptors (Lipinski definition) is 5. The second-order valence-electron chi connectivity index (χ2n) is 9.62. The van der Waals surface area contributed by atoms with E-state index in [-0.39, 0.29) is 18.2 Å². The van der Waals surface area contributed by atoms with Crippen LogP contribution < -0.4 is 0 Å². The Kier molecular flexibility index (Phi) is 3.28. The SMILES string of the molecule is CCC(C)(C)C(=O)OCC1CC2CC1C1C3CC(C4OC(=O)OC34)C21. The van der Waals surface area contributed by atoms with Crippen LogP contribution in [0, 0.1) is 46.8 Å². The molecule has 5 aliphatic rings. The quantitative estimate of drug-likeness (QED) is 0.575. The lowest BCUT2D eigenvalue weighted by Gasteiger charge is -2.41. The van der Waals surface area contributed by atoms with Gasteiger partial charge in [-0.2, -0.15) is 0 Å². The molecule has 0 amide bonds. The van der Waals surface area contributed by atoms with Gasteiger partial charge in [-0.05, 0) is 69.1 Å². The molecule has 5 heteroatoms. The molecular weight excluding hydrogens is 320 g/mol. The molecule has 0 spiro atoms. The summed E-state index contributed by atoms with van der Waals surface area (Å²) in [4.78, 5) is 23.8. The van der Waals surface area contributed by atoms with Crippen molar-refractivity contribution in [1.29, 1.82) is 0 Å².